The molecular formula is C13H26N2O. The Labute approximate surface area is 99.2 Å². The highest BCUT2D eigenvalue weighted by atomic mass is 16.2. The van der Waals surface area contributed by atoms with Gasteiger partial charge >= 0.3 is 0 Å². The smallest absolute Gasteiger partial charge is 0.240 e. The molecule has 0 unspecified atom stereocenters. The lowest BCUT2D eigenvalue weighted by molar-refractivity contribution is -0.126. The second-order valence-corrected chi connectivity index (χ2v) is 5.08. The van der Waals surface area contributed by atoms with Crippen molar-refractivity contribution in [2.75, 3.05) is 6.54 Å². The maximum atomic E-state index is 11.9. The quantitative estimate of drug-likeness (QED) is 0.755. The molecule has 0 radical (unpaired) electrons. The number of amides is 1. The van der Waals surface area contributed by atoms with Crippen LogP contribution >= 0.6 is 0 Å². The van der Waals surface area contributed by atoms with Crippen LogP contribution in [0.1, 0.15) is 58.8 Å². The van der Waals surface area contributed by atoms with Gasteiger partial charge in [0.2, 0.25) is 5.91 Å². The Balaban J connectivity index is 2.33. The van der Waals surface area contributed by atoms with Gasteiger partial charge < -0.3 is 11.1 Å². The highest BCUT2D eigenvalue weighted by Crippen LogP contribution is 2.23. The maximum Gasteiger partial charge on any atom is 0.240 e. The lowest BCUT2D eigenvalue weighted by Crippen LogP contribution is -2.53. The Bertz CT molecular complexity index is 218. The number of nitrogens with one attached hydrogen (secondary N) is 1. The molecule has 3 N–H and O–H groups in total. The zero-order valence-electron chi connectivity index (χ0n) is 10.7. The molecule has 1 aliphatic carbocycles. The molecule has 0 aromatic rings. The lowest BCUT2D eigenvalue weighted by atomic mass is 9.88. The monoisotopic (exact) mass is 226 g/mol. The predicted octanol–water partition coefficient (Wildman–Crippen LogP) is 2.20. The summed E-state index contributed by atoms with van der Waals surface area (Å²) in [6.07, 6.45) is 7.92. The third-order valence-corrected chi connectivity index (χ3v) is 3.99. The third-order valence-electron chi connectivity index (χ3n) is 3.99. The second kappa shape index (κ2) is 6.24. The van der Waals surface area contributed by atoms with Crippen molar-refractivity contribution in [1.29, 1.82) is 0 Å². The van der Waals surface area contributed by atoms with Crippen molar-refractivity contribution >= 4 is 5.91 Å². The van der Waals surface area contributed by atoms with E-state index in [-0.39, 0.29) is 5.91 Å². The van der Waals surface area contributed by atoms with Crippen molar-refractivity contribution in [2.45, 2.75) is 64.3 Å². The van der Waals surface area contributed by atoms with E-state index in [2.05, 4.69) is 5.32 Å². The number of hydrogen-bond acceptors (Lipinski definition) is 2. The highest BCUT2D eigenvalue weighted by molar-refractivity contribution is 5.85. The van der Waals surface area contributed by atoms with Gasteiger partial charge in [-0.2, -0.15) is 0 Å². The van der Waals surface area contributed by atoms with E-state index in [1.54, 1.807) is 0 Å². The summed E-state index contributed by atoms with van der Waals surface area (Å²) in [6, 6.07) is 0. The van der Waals surface area contributed by atoms with Crippen LogP contribution in [-0.4, -0.2) is 18.0 Å². The average Bonchev–Trinajstić information content (AvgIpc) is 2.36. The molecule has 0 heterocycles. The van der Waals surface area contributed by atoms with Gasteiger partial charge in [0.05, 0.1) is 5.54 Å². The zero-order valence-corrected chi connectivity index (χ0v) is 10.7. The topological polar surface area (TPSA) is 55.1 Å². The molecule has 1 saturated carbocycles. The fraction of sp³-hybridized carbons (Fsp3) is 0.923. The molecule has 3 heteroatoms. The molecule has 3 nitrogen and oxygen atoms in total. The second-order valence-electron chi connectivity index (χ2n) is 5.08. The Morgan fingerprint density at radius 1 is 1.25 bits per heavy atom. The Hall–Kier alpha value is -0.570. The van der Waals surface area contributed by atoms with E-state index in [4.69, 9.17) is 5.73 Å². The number of hydrogen-bond donors (Lipinski definition) is 2. The minimum absolute atomic E-state index is 0.0306. The predicted molar refractivity (Wildman–Crippen MR) is 67.1 cm³/mol. The van der Waals surface area contributed by atoms with E-state index in [1.165, 1.54) is 32.1 Å². The zero-order chi connectivity index (χ0) is 12.0. The molecule has 0 aliphatic heterocycles. The first-order chi connectivity index (χ1) is 7.62. The summed E-state index contributed by atoms with van der Waals surface area (Å²) in [6.45, 7) is 4.77. The summed E-state index contributed by atoms with van der Waals surface area (Å²) in [5, 5.41) is 3.03. The molecular weight excluding hydrogens is 200 g/mol. The molecule has 0 spiro atoms. The summed E-state index contributed by atoms with van der Waals surface area (Å²) >= 11 is 0. The largest absolute Gasteiger partial charge is 0.354 e. The molecule has 94 valence electrons. The summed E-state index contributed by atoms with van der Waals surface area (Å²) in [5.41, 5.74) is 5.39. The van der Waals surface area contributed by atoms with Crippen LogP contribution < -0.4 is 11.1 Å². The number of rotatable bonds is 5. The molecule has 1 rings (SSSR count). The van der Waals surface area contributed by atoms with Crippen LogP contribution in [0.4, 0.5) is 0 Å². The molecule has 1 aliphatic rings. The van der Waals surface area contributed by atoms with Crippen molar-refractivity contribution < 1.29 is 4.79 Å². The Morgan fingerprint density at radius 3 is 2.31 bits per heavy atom. The Kier molecular flexibility index (Phi) is 5.26. The van der Waals surface area contributed by atoms with E-state index in [0.717, 1.165) is 6.54 Å². The van der Waals surface area contributed by atoms with Gasteiger partial charge in [0.25, 0.3) is 0 Å². The SMILES string of the molecule is CCC(N)(CC)C(=O)NCC1CCCCC1. The van der Waals surface area contributed by atoms with Gasteiger partial charge in [-0.3, -0.25) is 4.79 Å². The minimum atomic E-state index is -0.658. The van der Waals surface area contributed by atoms with Gasteiger partial charge in [-0.05, 0) is 31.6 Å². The van der Waals surface area contributed by atoms with Crippen LogP contribution in [-0.2, 0) is 4.79 Å². The van der Waals surface area contributed by atoms with Crippen LogP contribution in [0.15, 0.2) is 0 Å². The first-order valence-corrected chi connectivity index (χ1v) is 6.69. The van der Waals surface area contributed by atoms with E-state index < -0.39 is 5.54 Å². The van der Waals surface area contributed by atoms with Crippen molar-refractivity contribution in [2.24, 2.45) is 11.7 Å². The molecule has 0 aromatic carbocycles. The number of carbonyl (C=O) groups excluding carboxylic acids is 1. The normalized spacial score (nSPS) is 18.4. The fourth-order valence-corrected chi connectivity index (χ4v) is 2.38. The van der Waals surface area contributed by atoms with E-state index in [9.17, 15) is 4.79 Å². The standard InChI is InChI=1S/C13H26N2O/c1-3-13(14,4-2)12(16)15-10-11-8-6-5-7-9-11/h11H,3-10,14H2,1-2H3,(H,15,16). The van der Waals surface area contributed by atoms with Gasteiger partial charge in [0, 0.05) is 6.54 Å². The van der Waals surface area contributed by atoms with Crippen molar-refractivity contribution in [1.82, 2.24) is 5.32 Å². The molecule has 0 bridgehead atoms. The number of nitrogens with two attached hydrogens (primary N) is 1. The fourth-order valence-electron chi connectivity index (χ4n) is 2.38. The summed E-state index contributed by atoms with van der Waals surface area (Å²) < 4.78 is 0. The summed E-state index contributed by atoms with van der Waals surface area (Å²) in [4.78, 5) is 11.9. The van der Waals surface area contributed by atoms with E-state index in [1.807, 2.05) is 13.8 Å². The first-order valence-electron chi connectivity index (χ1n) is 6.69. The van der Waals surface area contributed by atoms with Gasteiger partial charge in [-0.15, -0.1) is 0 Å². The maximum absolute atomic E-state index is 11.9. The molecule has 0 saturated heterocycles. The van der Waals surface area contributed by atoms with Crippen LogP contribution in [0.3, 0.4) is 0 Å². The van der Waals surface area contributed by atoms with Gasteiger partial charge in [-0.25, -0.2) is 0 Å². The minimum Gasteiger partial charge on any atom is -0.354 e. The molecule has 1 amide bonds. The number of carbonyl (C=O) groups is 1. The highest BCUT2D eigenvalue weighted by Gasteiger charge is 2.30. The van der Waals surface area contributed by atoms with Crippen molar-refractivity contribution in [3.8, 4) is 0 Å². The van der Waals surface area contributed by atoms with Gasteiger partial charge in [-0.1, -0.05) is 33.1 Å². The van der Waals surface area contributed by atoms with Crippen LogP contribution in [0.5, 0.6) is 0 Å². The average molecular weight is 226 g/mol. The summed E-state index contributed by atoms with van der Waals surface area (Å²) in [7, 11) is 0. The van der Waals surface area contributed by atoms with E-state index >= 15 is 0 Å². The molecule has 16 heavy (non-hydrogen) atoms. The molecule has 1 fully saturated rings. The Morgan fingerprint density at radius 2 is 1.81 bits per heavy atom. The van der Waals surface area contributed by atoms with Gasteiger partial charge in [0.1, 0.15) is 0 Å². The summed E-state index contributed by atoms with van der Waals surface area (Å²) in [5.74, 6) is 0.707. The lowest BCUT2D eigenvalue weighted by Gasteiger charge is -2.28. The third kappa shape index (κ3) is 3.48. The van der Waals surface area contributed by atoms with Crippen LogP contribution in [0.2, 0.25) is 0 Å². The van der Waals surface area contributed by atoms with Crippen molar-refractivity contribution in [3.05, 3.63) is 0 Å². The van der Waals surface area contributed by atoms with E-state index in [0.29, 0.717) is 18.8 Å². The molecule has 0 aromatic heterocycles. The molecule has 0 atom stereocenters. The van der Waals surface area contributed by atoms with Crippen molar-refractivity contribution in [3.63, 3.8) is 0 Å². The first kappa shape index (κ1) is 13.5. The van der Waals surface area contributed by atoms with Gasteiger partial charge in [0.15, 0.2) is 0 Å². The van der Waals surface area contributed by atoms with Crippen LogP contribution in [0, 0.1) is 5.92 Å². The van der Waals surface area contributed by atoms with Crippen LogP contribution in [0.25, 0.3) is 0 Å².